The van der Waals surface area contributed by atoms with Crippen LogP contribution < -0.4 is 9.60 Å². The van der Waals surface area contributed by atoms with E-state index in [4.69, 9.17) is 0 Å². The van der Waals surface area contributed by atoms with E-state index in [-0.39, 0.29) is 21.9 Å². The van der Waals surface area contributed by atoms with Crippen LogP contribution in [0.25, 0.3) is 10.2 Å². The quantitative estimate of drug-likeness (QED) is 0.877. The summed E-state index contributed by atoms with van der Waals surface area (Å²) in [5.74, 6) is 0. The lowest BCUT2D eigenvalue weighted by Crippen LogP contribution is -2.32. The zero-order valence-electron chi connectivity index (χ0n) is 13.3. The van der Waals surface area contributed by atoms with E-state index in [1.165, 1.54) is 0 Å². The Morgan fingerprint density at radius 1 is 1.27 bits per heavy atom. The van der Waals surface area contributed by atoms with Gasteiger partial charge in [-0.25, -0.2) is 13.1 Å². The first kappa shape index (κ1) is 17.2. The van der Waals surface area contributed by atoms with Gasteiger partial charge in [-0.3, -0.25) is 9.36 Å². The molecule has 0 bridgehead atoms. The fraction of sp³-hybridized carbons (Fsp3) is 0.533. The van der Waals surface area contributed by atoms with Crippen molar-refractivity contribution in [1.82, 2.24) is 9.29 Å². The Hall–Kier alpha value is -1.18. The van der Waals surface area contributed by atoms with Crippen LogP contribution in [0.2, 0.25) is 0 Å². The Morgan fingerprint density at radius 2 is 1.95 bits per heavy atom. The largest absolute Gasteiger partial charge is 0.308 e. The van der Waals surface area contributed by atoms with Crippen LogP contribution in [-0.4, -0.2) is 19.0 Å². The lowest BCUT2D eigenvalue weighted by Gasteiger charge is -2.13. The molecule has 0 fully saturated rings. The van der Waals surface area contributed by atoms with E-state index < -0.39 is 10.0 Å². The molecule has 0 spiro atoms. The average Bonchev–Trinajstić information content (AvgIpc) is 2.72. The Balaban J connectivity index is 2.44. The highest BCUT2D eigenvalue weighted by Crippen LogP contribution is 2.24. The predicted octanol–water partition coefficient (Wildman–Crippen LogP) is 3.11. The van der Waals surface area contributed by atoms with Crippen LogP contribution in [0.3, 0.4) is 0 Å². The van der Waals surface area contributed by atoms with Crippen LogP contribution >= 0.6 is 11.3 Å². The van der Waals surface area contributed by atoms with Gasteiger partial charge in [0.15, 0.2) is 0 Å². The maximum atomic E-state index is 12.4. The summed E-state index contributed by atoms with van der Waals surface area (Å²) in [4.78, 5) is 12.2. The maximum Gasteiger partial charge on any atom is 0.308 e. The molecule has 1 aromatic carbocycles. The molecule has 122 valence electrons. The molecule has 2 rings (SSSR count). The highest BCUT2D eigenvalue weighted by Gasteiger charge is 2.19. The van der Waals surface area contributed by atoms with Crippen LogP contribution in [0.15, 0.2) is 27.9 Å². The molecule has 0 aliphatic carbocycles. The van der Waals surface area contributed by atoms with Crippen molar-refractivity contribution in [3.05, 3.63) is 27.9 Å². The van der Waals surface area contributed by atoms with Gasteiger partial charge in [-0.05, 0) is 45.4 Å². The summed E-state index contributed by atoms with van der Waals surface area (Å²) in [7, 11) is -3.55. The summed E-state index contributed by atoms with van der Waals surface area (Å²) >= 11 is 1.08. The van der Waals surface area contributed by atoms with Crippen molar-refractivity contribution < 1.29 is 8.42 Å². The topological polar surface area (TPSA) is 68.2 Å². The molecular formula is C15H22N2O3S2. The summed E-state index contributed by atoms with van der Waals surface area (Å²) < 4.78 is 29.8. The van der Waals surface area contributed by atoms with E-state index >= 15 is 0 Å². The fourth-order valence-electron chi connectivity index (χ4n) is 2.50. The zero-order chi connectivity index (χ0) is 16.5. The van der Waals surface area contributed by atoms with Crippen molar-refractivity contribution in [2.75, 3.05) is 0 Å². The van der Waals surface area contributed by atoms with Gasteiger partial charge in [0.05, 0.1) is 15.1 Å². The Bertz CT molecular complexity index is 819. The molecule has 0 unspecified atom stereocenters. The average molecular weight is 342 g/mol. The third kappa shape index (κ3) is 3.42. The highest BCUT2D eigenvalue weighted by molar-refractivity contribution is 7.89. The van der Waals surface area contributed by atoms with Gasteiger partial charge in [0.25, 0.3) is 0 Å². The molecule has 1 aromatic heterocycles. The van der Waals surface area contributed by atoms with E-state index in [1.807, 2.05) is 27.7 Å². The monoisotopic (exact) mass is 342 g/mol. The molecule has 0 saturated carbocycles. The predicted molar refractivity (Wildman–Crippen MR) is 91.2 cm³/mol. The molecular weight excluding hydrogens is 320 g/mol. The minimum Gasteiger partial charge on any atom is -0.296 e. The van der Waals surface area contributed by atoms with E-state index in [0.29, 0.717) is 4.70 Å². The first-order chi connectivity index (χ1) is 10.3. The Labute approximate surface area is 135 Å². The first-order valence-electron chi connectivity index (χ1n) is 7.43. The second kappa shape index (κ2) is 6.52. The Kier molecular flexibility index (Phi) is 5.09. The molecule has 0 aliphatic rings. The van der Waals surface area contributed by atoms with Crippen molar-refractivity contribution in [2.24, 2.45) is 0 Å². The third-order valence-electron chi connectivity index (χ3n) is 3.49. The van der Waals surface area contributed by atoms with E-state index in [9.17, 15) is 13.2 Å². The van der Waals surface area contributed by atoms with Gasteiger partial charge in [0.1, 0.15) is 0 Å². The van der Waals surface area contributed by atoms with Crippen LogP contribution in [0, 0.1) is 0 Å². The van der Waals surface area contributed by atoms with E-state index in [2.05, 4.69) is 4.72 Å². The highest BCUT2D eigenvalue weighted by atomic mass is 32.2. The standard InChI is InChI=1S/C15H22N2O3S2/c1-5-6-11(4)16-22(19,20)12-7-8-13-14(9-12)21-15(18)17(13)10(2)3/h7-11,16H,5-6H2,1-4H3/t11-/m0/s1. The Morgan fingerprint density at radius 3 is 2.55 bits per heavy atom. The number of nitrogens with zero attached hydrogens (tertiary/aromatic N) is 1. The van der Waals surface area contributed by atoms with E-state index in [0.717, 1.165) is 29.7 Å². The number of hydrogen-bond donors (Lipinski definition) is 1. The molecule has 0 aliphatic heterocycles. The molecule has 22 heavy (non-hydrogen) atoms. The molecule has 0 radical (unpaired) electrons. The summed E-state index contributed by atoms with van der Waals surface area (Å²) in [6.07, 6.45) is 1.71. The minimum absolute atomic E-state index is 0.0476. The molecule has 1 atom stereocenters. The van der Waals surface area contributed by atoms with Crippen molar-refractivity contribution in [3.8, 4) is 0 Å². The smallest absolute Gasteiger partial charge is 0.296 e. The fourth-order valence-corrected chi connectivity index (χ4v) is 4.93. The third-order valence-corrected chi connectivity index (χ3v) is 5.99. The second-order valence-corrected chi connectivity index (χ2v) is 8.48. The van der Waals surface area contributed by atoms with Gasteiger partial charge in [-0.15, -0.1) is 0 Å². The minimum atomic E-state index is -3.55. The molecule has 0 saturated heterocycles. The SMILES string of the molecule is CCC[C@H](C)NS(=O)(=O)c1ccc2c(c1)sc(=O)n2C(C)C. The van der Waals surface area contributed by atoms with Crippen molar-refractivity contribution in [3.63, 3.8) is 0 Å². The summed E-state index contributed by atoms with van der Waals surface area (Å²) in [6.45, 7) is 7.74. The number of rotatable bonds is 6. The van der Waals surface area contributed by atoms with Crippen molar-refractivity contribution in [2.45, 2.75) is 57.5 Å². The van der Waals surface area contributed by atoms with Gasteiger partial charge in [-0.1, -0.05) is 24.7 Å². The van der Waals surface area contributed by atoms with Crippen LogP contribution in [0.5, 0.6) is 0 Å². The molecule has 1 heterocycles. The number of fused-ring (bicyclic) bond motifs is 1. The molecule has 1 N–H and O–H groups in total. The molecule has 7 heteroatoms. The molecule has 5 nitrogen and oxygen atoms in total. The summed E-state index contributed by atoms with van der Waals surface area (Å²) in [5, 5.41) is 0. The number of hydrogen-bond acceptors (Lipinski definition) is 4. The molecule has 2 aromatic rings. The number of benzene rings is 1. The number of nitrogens with one attached hydrogen (secondary N) is 1. The van der Waals surface area contributed by atoms with Gasteiger partial charge in [0, 0.05) is 12.1 Å². The number of thiazole rings is 1. The van der Waals surface area contributed by atoms with Gasteiger partial charge in [0.2, 0.25) is 10.0 Å². The van der Waals surface area contributed by atoms with Crippen LogP contribution in [-0.2, 0) is 10.0 Å². The summed E-state index contributed by atoms with van der Waals surface area (Å²) in [6, 6.07) is 4.80. The van der Waals surface area contributed by atoms with Crippen LogP contribution in [0.1, 0.15) is 46.6 Å². The maximum absolute atomic E-state index is 12.4. The molecule has 0 amide bonds. The zero-order valence-corrected chi connectivity index (χ0v) is 14.9. The normalized spacial score (nSPS) is 13.9. The van der Waals surface area contributed by atoms with E-state index in [1.54, 1.807) is 22.8 Å². The summed E-state index contributed by atoms with van der Waals surface area (Å²) in [5.41, 5.74) is 0.783. The second-order valence-electron chi connectivity index (χ2n) is 5.77. The van der Waals surface area contributed by atoms with Gasteiger partial charge < -0.3 is 0 Å². The van der Waals surface area contributed by atoms with Gasteiger partial charge in [-0.2, -0.15) is 0 Å². The lowest BCUT2D eigenvalue weighted by atomic mass is 10.2. The van der Waals surface area contributed by atoms with Gasteiger partial charge >= 0.3 is 4.87 Å². The lowest BCUT2D eigenvalue weighted by molar-refractivity contribution is 0.544. The first-order valence-corrected chi connectivity index (χ1v) is 9.73. The van der Waals surface area contributed by atoms with Crippen molar-refractivity contribution in [1.29, 1.82) is 0 Å². The van der Waals surface area contributed by atoms with Crippen LogP contribution in [0.4, 0.5) is 0 Å². The number of sulfonamides is 1. The van der Waals surface area contributed by atoms with Crippen molar-refractivity contribution >= 4 is 31.6 Å². The number of aromatic nitrogens is 1.